The minimum atomic E-state index is -0.307. The van der Waals surface area contributed by atoms with Crippen molar-refractivity contribution in [2.45, 2.75) is 33.7 Å². The maximum atomic E-state index is 11.8. The fraction of sp³-hybridized carbons (Fsp3) is 0.667. The summed E-state index contributed by atoms with van der Waals surface area (Å²) in [7, 11) is 0. The van der Waals surface area contributed by atoms with E-state index in [1.54, 1.807) is 11.3 Å². The number of anilines is 1. The quantitative estimate of drug-likeness (QED) is 0.874. The Balaban J connectivity index is 1.82. The lowest BCUT2D eigenvalue weighted by atomic mass is 9.94. The number of amides is 1. The van der Waals surface area contributed by atoms with Crippen molar-refractivity contribution in [2.75, 3.05) is 18.0 Å². The van der Waals surface area contributed by atoms with Gasteiger partial charge in [0.05, 0.1) is 11.7 Å². The molecule has 0 aliphatic carbocycles. The summed E-state index contributed by atoms with van der Waals surface area (Å²) in [5.74, 6) is 0.123. The van der Waals surface area contributed by atoms with E-state index in [2.05, 4.69) is 20.6 Å². The number of rotatable bonds is 2. The van der Waals surface area contributed by atoms with E-state index < -0.39 is 0 Å². The lowest BCUT2D eigenvalue weighted by molar-refractivity contribution is -0.129. The molecule has 4 nitrogen and oxygen atoms in total. The third-order valence-corrected chi connectivity index (χ3v) is 3.79. The molecule has 1 amide bonds. The number of hydrogen-bond donors (Lipinski definition) is 1. The van der Waals surface area contributed by atoms with Crippen molar-refractivity contribution in [1.29, 1.82) is 0 Å². The first kappa shape index (κ1) is 12.4. The van der Waals surface area contributed by atoms with Crippen molar-refractivity contribution >= 4 is 22.4 Å². The highest BCUT2D eigenvalue weighted by Gasteiger charge is 2.32. The Morgan fingerprint density at radius 2 is 2.18 bits per heavy atom. The number of aromatic nitrogens is 1. The molecule has 2 heterocycles. The number of carbonyl (C=O) groups excluding carboxylic acids is 1. The summed E-state index contributed by atoms with van der Waals surface area (Å²) in [5, 5.41) is 6.17. The smallest absolute Gasteiger partial charge is 0.225 e. The fourth-order valence-electron chi connectivity index (χ4n) is 1.61. The van der Waals surface area contributed by atoms with Gasteiger partial charge in [-0.25, -0.2) is 4.98 Å². The molecule has 1 aliphatic heterocycles. The molecule has 0 unspecified atom stereocenters. The molecule has 0 radical (unpaired) electrons. The molecule has 17 heavy (non-hydrogen) atoms. The molecular formula is C12H19N3OS. The highest BCUT2D eigenvalue weighted by atomic mass is 32.1. The Hall–Kier alpha value is -1.10. The summed E-state index contributed by atoms with van der Waals surface area (Å²) >= 11 is 1.66. The zero-order valence-electron chi connectivity index (χ0n) is 10.8. The van der Waals surface area contributed by atoms with Crippen molar-refractivity contribution in [1.82, 2.24) is 10.3 Å². The van der Waals surface area contributed by atoms with Gasteiger partial charge in [0.2, 0.25) is 5.91 Å². The first-order valence-corrected chi connectivity index (χ1v) is 6.72. The minimum absolute atomic E-state index is 0.123. The molecule has 1 saturated heterocycles. The van der Waals surface area contributed by atoms with Crippen LogP contribution in [0.25, 0.3) is 0 Å². The molecule has 0 saturated carbocycles. The van der Waals surface area contributed by atoms with E-state index in [-0.39, 0.29) is 17.4 Å². The minimum Gasteiger partial charge on any atom is -0.349 e. The van der Waals surface area contributed by atoms with Crippen molar-refractivity contribution < 1.29 is 4.79 Å². The van der Waals surface area contributed by atoms with Crippen LogP contribution in [0.4, 0.5) is 5.13 Å². The number of hydrogen-bond acceptors (Lipinski definition) is 4. The average Bonchev–Trinajstić information content (AvgIpc) is 2.55. The standard InChI is InChI=1S/C12H19N3OS/c1-8-7-17-11(13-8)15-5-9(6-15)14-10(16)12(2,3)4/h7,9H,5-6H2,1-4H3,(H,14,16). The average molecular weight is 253 g/mol. The van der Waals surface area contributed by atoms with Gasteiger partial charge in [-0.05, 0) is 6.92 Å². The van der Waals surface area contributed by atoms with E-state index in [9.17, 15) is 4.79 Å². The van der Waals surface area contributed by atoms with Gasteiger partial charge in [0.15, 0.2) is 5.13 Å². The van der Waals surface area contributed by atoms with Crippen molar-refractivity contribution in [3.8, 4) is 0 Å². The molecule has 1 aromatic heterocycles. The van der Waals surface area contributed by atoms with Crippen molar-refractivity contribution in [2.24, 2.45) is 5.41 Å². The molecule has 0 bridgehead atoms. The Labute approximate surface area is 106 Å². The van der Waals surface area contributed by atoms with Crippen molar-refractivity contribution in [3.63, 3.8) is 0 Å². The van der Waals surface area contributed by atoms with Crippen LogP contribution in [0.5, 0.6) is 0 Å². The maximum Gasteiger partial charge on any atom is 0.225 e. The van der Waals surface area contributed by atoms with Gasteiger partial charge in [0.1, 0.15) is 0 Å². The molecule has 0 aromatic carbocycles. The lowest BCUT2D eigenvalue weighted by Crippen LogP contribution is -2.60. The lowest BCUT2D eigenvalue weighted by Gasteiger charge is -2.40. The van der Waals surface area contributed by atoms with E-state index in [0.717, 1.165) is 23.9 Å². The monoisotopic (exact) mass is 253 g/mol. The molecule has 1 aromatic rings. The summed E-state index contributed by atoms with van der Waals surface area (Å²) in [4.78, 5) is 18.4. The van der Waals surface area contributed by atoms with E-state index in [4.69, 9.17) is 0 Å². The Morgan fingerprint density at radius 1 is 1.53 bits per heavy atom. The molecule has 1 N–H and O–H groups in total. The Bertz CT molecular complexity index is 416. The highest BCUT2D eigenvalue weighted by molar-refractivity contribution is 7.13. The van der Waals surface area contributed by atoms with Crippen LogP contribution < -0.4 is 10.2 Å². The number of nitrogens with zero attached hydrogens (tertiary/aromatic N) is 2. The van der Waals surface area contributed by atoms with Gasteiger partial charge in [-0.1, -0.05) is 20.8 Å². The summed E-state index contributed by atoms with van der Waals surface area (Å²) in [6.07, 6.45) is 0. The summed E-state index contributed by atoms with van der Waals surface area (Å²) < 4.78 is 0. The zero-order chi connectivity index (χ0) is 12.6. The van der Waals surface area contributed by atoms with Gasteiger partial charge < -0.3 is 10.2 Å². The molecule has 94 valence electrons. The highest BCUT2D eigenvalue weighted by Crippen LogP contribution is 2.25. The maximum absolute atomic E-state index is 11.8. The summed E-state index contributed by atoms with van der Waals surface area (Å²) in [5.41, 5.74) is 0.755. The van der Waals surface area contributed by atoms with E-state index in [0.29, 0.717) is 0 Å². The van der Waals surface area contributed by atoms with Gasteiger partial charge in [0, 0.05) is 23.9 Å². The second-order valence-corrected chi connectivity index (χ2v) is 6.43. The van der Waals surface area contributed by atoms with Crippen LogP contribution in [0.15, 0.2) is 5.38 Å². The molecule has 0 atom stereocenters. The van der Waals surface area contributed by atoms with Gasteiger partial charge >= 0.3 is 0 Å². The van der Waals surface area contributed by atoms with Gasteiger partial charge in [-0.15, -0.1) is 11.3 Å². The zero-order valence-corrected chi connectivity index (χ0v) is 11.6. The van der Waals surface area contributed by atoms with Crippen LogP contribution in [0, 0.1) is 12.3 Å². The number of carbonyl (C=O) groups is 1. The van der Waals surface area contributed by atoms with Crippen molar-refractivity contribution in [3.05, 3.63) is 11.1 Å². The van der Waals surface area contributed by atoms with Crippen LogP contribution in [0.3, 0.4) is 0 Å². The van der Waals surface area contributed by atoms with Gasteiger partial charge in [0.25, 0.3) is 0 Å². The molecule has 0 spiro atoms. The first-order chi connectivity index (χ1) is 7.86. The Morgan fingerprint density at radius 3 is 2.65 bits per heavy atom. The molecule has 1 fully saturated rings. The van der Waals surface area contributed by atoms with Crippen LogP contribution in [0.1, 0.15) is 26.5 Å². The van der Waals surface area contributed by atoms with E-state index in [1.165, 1.54) is 0 Å². The van der Waals surface area contributed by atoms with Crippen LogP contribution >= 0.6 is 11.3 Å². The van der Waals surface area contributed by atoms with Crippen LogP contribution in [-0.4, -0.2) is 30.0 Å². The third-order valence-electron chi connectivity index (χ3n) is 2.78. The second kappa shape index (κ2) is 4.29. The topological polar surface area (TPSA) is 45.2 Å². The van der Waals surface area contributed by atoms with E-state index >= 15 is 0 Å². The van der Waals surface area contributed by atoms with Crippen LogP contribution in [-0.2, 0) is 4.79 Å². The second-order valence-electron chi connectivity index (χ2n) is 5.60. The first-order valence-electron chi connectivity index (χ1n) is 5.84. The van der Waals surface area contributed by atoms with E-state index in [1.807, 2.05) is 27.7 Å². The largest absolute Gasteiger partial charge is 0.349 e. The molecule has 2 rings (SSSR count). The summed E-state index contributed by atoms with van der Waals surface area (Å²) in [6, 6.07) is 0.269. The molecule has 5 heteroatoms. The summed E-state index contributed by atoms with van der Waals surface area (Å²) in [6.45, 7) is 9.54. The van der Waals surface area contributed by atoms with Gasteiger partial charge in [-0.2, -0.15) is 0 Å². The number of aryl methyl sites for hydroxylation is 1. The Kier molecular flexibility index (Phi) is 3.12. The molecular weight excluding hydrogens is 234 g/mol. The normalized spacial score (nSPS) is 16.8. The van der Waals surface area contributed by atoms with Crippen LogP contribution in [0.2, 0.25) is 0 Å². The number of thiazole rings is 1. The fourth-order valence-corrected chi connectivity index (χ4v) is 2.44. The van der Waals surface area contributed by atoms with Gasteiger partial charge in [-0.3, -0.25) is 4.79 Å². The molecule has 1 aliphatic rings. The predicted molar refractivity (Wildman–Crippen MR) is 70.4 cm³/mol. The number of nitrogens with one attached hydrogen (secondary N) is 1. The SMILES string of the molecule is Cc1csc(N2CC(NC(=O)C(C)(C)C)C2)n1. The predicted octanol–water partition coefficient (Wildman–Crippen LogP) is 1.80. The third kappa shape index (κ3) is 2.77.